The van der Waals surface area contributed by atoms with E-state index in [-0.39, 0.29) is 30.1 Å². The van der Waals surface area contributed by atoms with Gasteiger partial charge in [-0.25, -0.2) is 0 Å². The molecule has 1 aliphatic heterocycles. The minimum absolute atomic E-state index is 0. The van der Waals surface area contributed by atoms with E-state index in [4.69, 9.17) is 0 Å². The van der Waals surface area contributed by atoms with Crippen LogP contribution in [0.15, 0.2) is 54.6 Å². The lowest BCUT2D eigenvalue weighted by atomic mass is 9.93. The zero-order chi connectivity index (χ0) is 16.9. The average Bonchev–Trinajstić information content (AvgIpc) is 2.63. The third-order valence-corrected chi connectivity index (χ3v) is 4.60. The summed E-state index contributed by atoms with van der Waals surface area (Å²) < 4.78 is 0. The third-order valence-electron chi connectivity index (χ3n) is 4.60. The van der Waals surface area contributed by atoms with Crippen molar-refractivity contribution in [2.75, 3.05) is 13.1 Å². The summed E-state index contributed by atoms with van der Waals surface area (Å²) in [5.74, 6) is 0.110. The van der Waals surface area contributed by atoms with Crippen LogP contribution in [0, 0.1) is 5.92 Å². The van der Waals surface area contributed by atoms with Crippen LogP contribution in [0.3, 0.4) is 0 Å². The summed E-state index contributed by atoms with van der Waals surface area (Å²) in [5.41, 5.74) is 1.46. The minimum Gasteiger partial charge on any atom is -0.348 e. The van der Waals surface area contributed by atoms with E-state index in [1.54, 1.807) is 36.4 Å². The van der Waals surface area contributed by atoms with Crippen LogP contribution in [0.4, 0.5) is 0 Å². The van der Waals surface area contributed by atoms with Crippen molar-refractivity contribution in [3.05, 3.63) is 71.3 Å². The number of amides is 1. The van der Waals surface area contributed by atoms with E-state index in [0.717, 1.165) is 19.5 Å². The zero-order valence-corrected chi connectivity index (χ0v) is 15.0. The first-order valence-corrected chi connectivity index (χ1v) is 8.37. The number of carbonyl (C=O) groups excluding carboxylic acids is 2. The largest absolute Gasteiger partial charge is 0.348 e. The fourth-order valence-electron chi connectivity index (χ4n) is 3.05. The van der Waals surface area contributed by atoms with Crippen molar-refractivity contribution in [3.63, 3.8) is 0 Å². The van der Waals surface area contributed by atoms with Crippen molar-refractivity contribution < 1.29 is 9.59 Å². The fourth-order valence-corrected chi connectivity index (χ4v) is 3.05. The molecule has 2 unspecified atom stereocenters. The van der Waals surface area contributed by atoms with E-state index >= 15 is 0 Å². The maximum atomic E-state index is 12.7. The molecule has 25 heavy (non-hydrogen) atoms. The number of nitrogens with one attached hydrogen (secondary N) is 2. The molecule has 0 bridgehead atoms. The highest BCUT2D eigenvalue weighted by Crippen LogP contribution is 2.17. The van der Waals surface area contributed by atoms with Gasteiger partial charge in [-0.1, -0.05) is 55.5 Å². The highest BCUT2D eigenvalue weighted by Gasteiger charge is 2.25. The quantitative estimate of drug-likeness (QED) is 0.826. The first kappa shape index (κ1) is 19.2. The molecule has 1 heterocycles. The van der Waals surface area contributed by atoms with Crippen LogP contribution >= 0.6 is 12.4 Å². The van der Waals surface area contributed by atoms with Gasteiger partial charge in [0.15, 0.2) is 5.78 Å². The van der Waals surface area contributed by atoms with Crippen LogP contribution in [0.5, 0.6) is 0 Å². The summed E-state index contributed by atoms with van der Waals surface area (Å²) in [6.07, 6.45) is 1.04. The summed E-state index contributed by atoms with van der Waals surface area (Å²) in [6, 6.07) is 16.2. The molecule has 1 fully saturated rings. The molecule has 2 atom stereocenters. The standard InChI is InChI=1S/C20H22N2O2.ClH/c1-14-11-12-21-13-18(14)22-20(24)17-10-6-5-9-16(17)19(23)15-7-3-2-4-8-15;/h2-10,14,18,21H,11-13H2,1H3,(H,22,24);1H. The molecule has 0 radical (unpaired) electrons. The van der Waals surface area contributed by atoms with E-state index in [9.17, 15) is 9.59 Å². The van der Waals surface area contributed by atoms with Crippen molar-refractivity contribution >= 4 is 24.1 Å². The monoisotopic (exact) mass is 358 g/mol. The SMILES string of the molecule is CC1CCNCC1NC(=O)c1ccccc1C(=O)c1ccccc1.Cl. The first-order valence-electron chi connectivity index (χ1n) is 8.37. The van der Waals surface area contributed by atoms with Crippen LogP contribution in [0.25, 0.3) is 0 Å². The lowest BCUT2D eigenvalue weighted by Crippen LogP contribution is -2.50. The van der Waals surface area contributed by atoms with Gasteiger partial charge in [0.1, 0.15) is 0 Å². The Morgan fingerprint density at radius 2 is 1.64 bits per heavy atom. The van der Waals surface area contributed by atoms with Gasteiger partial charge in [-0.3, -0.25) is 9.59 Å². The van der Waals surface area contributed by atoms with Crippen molar-refractivity contribution in [1.29, 1.82) is 0 Å². The summed E-state index contributed by atoms with van der Waals surface area (Å²) in [7, 11) is 0. The normalized spacial score (nSPS) is 19.6. The molecule has 1 amide bonds. The zero-order valence-electron chi connectivity index (χ0n) is 14.2. The van der Waals surface area contributed by atoms with Gasteiger partial charge in [0.05, 0.1) is 5.56 Å². The minimum atomic E-state index is -0.185. The lowest BCUT2D eigenvalue weighted by molar-refractivity contribution is 0.0907. The average molecular weight is 359 g/mol. The van der Waals surface area contributed by atoms with Gasteiger partial charge in [0.2, 0.25) is 0 Å². The molecule has 5 heteroatoms. The number of hydrogen-bond acceptors (Lipinski definition) is 3. The molecule has 0 aromatic heterocycles. The van der Waals surface area contributed by atoms with Crippen LogP contribution < -0.4 is 10.6 Å². The summed E-state index contributed by atoms with van der Waals surface area (Å²) >= 11 is 0. The van der Waals surface area contributed by atoms with Crippen molar-refractivity contribution in [2.45, 2.75) is 19.4 Å². The molecule has 4 nitrogen and oxygen atoms in total. The number of hydrogen-bond donors (Lipinski definition) is 2. The van der Waals surface area contributed by atoms with E-state index in [1.807, 2.05) is 18.2 Å². The summed E-state index contributed by atoms with van der Waals surface area (Å²) in [6.45, 7) is 3.89. The van der Waals surface area contributed by atoms with E-state index in [0.29, 0.717) is 22.6 Å². The van der Waals surface area contributed by atoms with Crippen LogP contribution in [-0.4, -0.2) is 30.8 Å². The van der Waals surface area contributed by atoms with Crippen molar-refractivity contribution in [1.82, 2.24) is 10.6 Å². The van der Waals surface area contributed by atoms with E-state index in [2.05, 4.69) is 17.6 Å². The van der Waals surface area contributed by atoms with Crippen LogP contribution in [-0.2, 0) is 0 Å². The molecule has 0 spiro atoms. The second-order valence-corrected chi connectivity index (χ2v) is 6.29. The molecule has 132 valence electrons. The Morgan fingerprint density at radius 1 is 1.00 bits per heavy atom. The highest BCUT2D eigenvalue weighted by atomic mass is 35.5. The van der Waals surface area contributed by atoms with Gasteiger partial charge in [-0.2, -0.15) is 0 Å². The van der Waals surface area contributed by atoms with Gasteiger partial charge < -0.3 is 10.6 Å². The number of piperidine rings is 1. The Kier molecular flexibility index (Phi) is 6.73. The molecular formula is C20H23ClN2O2. The Bertz CT molecular complexity index is 733. The molecule has 2 aromatic carbocycles. The maximum Gasteiger partial charge on any atom is 0.252 e. The van der Waals surface area contributed by atoms with Crippen LogP contribution in [0.2, 0.25) is 0 Å². The van der Waals surface area contributed by atoms with Gasteiger partial charge >= 0.3 is 0 Å². The van der Waals surface area contributed by atoms with Gasteiger partial charge in [0, 0.05) is 23.7 Å². The first-order chi connectivity index (χ1) is 11.7. The topological polar surface area (TPSA) is 58.2 Å². The fraction of sp³-hybridized carbons (Fsp3) is 0.300. The Balaban J connectivity index is 0.00000225. The summed E-state index contributed by atoms with van der Waals surface area (Å²) in [4.78, 5) is 25.5. The number of benzene rings is 2. The molecule has 2 aromatic rings. The van der Waals surface area contributed by atoms with Gasteiger partial charge in [-0.15, -0.1) is 12.4 Å². The lowest BCUT2D eigenvalue weighted by Gasteiger charge is -2.30. The number of rotatable bonds is 4. The molecule has 3 rings (SSSR count). The molecule has 0 aliphatic carbocycles. The molecule has 1 saturated heterocycles. The van der Waals surface area contributed by atoms with Crippen LogP contribution in [0.1, 0.15) is 39.6 Å². The number of ketones is 1. The second-order valence-electron chi connectivity index (χ2n) is 6.29. The smallest absolute Gasteiger partial charge is 0.252 e. The molecule has 1 aliphatic rings. The predicted molar refractivity (Wildman–Crippen MR) is 101 cm³/mol. The Morgan fingerprint density at radius 3 is 2.32 bits per heavy atom. The maximum absolute atomic E-state index is 12.7. The predicted octanol–water partition coefficient (Wildman–Crippen LogP) is 3.07. The second kappa shape index (κ2) is 8.79. The Labute approximate surface area is 154 Å². The highest BCUT2D eigenvalue weighted by molar-refractivity contribution is 6.15. The number of carbonyl (C=O) groups is 2. The van der Waals surface area contributed by atoms with Crippen molar-refractivity contribution in [3.8, 4) is 0 Å². The number of halogens is 1. The van der Waals surface area contributed by atoms with Gasteiger partial charge in [0.25, 0.3) is 5.91 Å². The summed E-state index contributed by atoms with van der Waals surface area (Å²) in [5, 5.41) is 6.38. The van der Waals surface area contributed by atoms with E-state index < -0.39 is 0 Å². The van der Waals surface area contributed by atoms with E-state index in [1.165, 1.54) is 0 Å². The Hall–Kier alpha value is -2.17. The third kappa shape index (κ3) is 4.47. The molecule has 2 N–H and O–H groups in total. The molecule has 0 saturated carbocycles. The molecular weight excluding hydrogens is 336 g/mol. The van der Waals surface area contributed by atoms with Crippen molar-refractivity contribution in [2.24, 2.45) is 5.92 Å². The van der Waals surface area contributed by atoms with Gasteiger partial charge in [-0.05, 0) is 24.9 Å².